The molecule has 0 N–H and O–H groups in total. The van der Waals surface area contributed by atoms with Crippen molar-refractivity contribution in [2.45, 2.75) is 99.7 Å². The van der Waals surface area contributed by atoms with E-state index in [1.54, 1.807) is 56.9 Å². The van der Waals surface area contributed by atoms with Crippen molar-refractivity contribution in [1.29, 1.82) is 0 Å². The lowest BCUT2D eigenvalue weighted by Crippen LogP contribution is -2.30. The molecule has 4 rings (SSSR count). The van der Waals surface area contributed by atoms with E-state index < -0.39 is 0 Å². The Morgan fingerprint density at radius 2 is 0.864 bits per heavy atom. The molecule has 0 radical (unpaired) electrons. The van der Waals surface area contributed by atoms with Crippen molar-refractivity contribution < 1.29 is 0 Å². The van der Waals surface area contributed by atoms with Crippen molar-refractivity contribution in [3.63, 3.8) is 0 Å². The lowest BCUT2D eigenvalue weighted by atomic mass is 9.99. The summed E-state index contributed by atoms with van der Waals surface area (Å²) in [5.41, 5.74) is 6.25. The zero-order chi connectivity index (χ0) is 14.9. The first-order valence-electron chi connectivity index (χ1n) is 9.99. The van der Waals surface area contributed by atoms with E-state index in [0.29, 0.717) is 15.8 Å². The smallest absolute Gasteiger partial charge is 0.0109 e. The maximum atomic E-state index is 4.63. The normalized spacial score (nSPS) is 44.5. The SMILES string of the molecule is C=C(CP1C2CCCC1CCC2)CP1C2CCCC1CCC2. The highest BCUT2D eigenvalue weighted by Gasteiger charge is 2.38. The van der Waals surface area contributed by atoms with Gasteiger partial charge in [0, 0.05) is 0 Å². The minimum Gasteiger partial charge on any atom is -0.0991 e. The monoisotopic (exact) mass is 336 g/mol. The predicted octanol–water partition coefficient (Wildman–Crippen LogP) is 6.72. The van der Waals surface area contributed by atoms with Crippen molar-refractivity contribution in [2.75, 3.05) is 12.3 Å². The first-order chi connectivity index (χ1) is 10.8. The van der Waals surface area contributed by atoms with Gasteiger partial charge < -0.3 is 0 Å². The topological polar surface area (TPSA) is 0 Å². The molecule has 2 heteroatoms. The van der Waals surface area contributed by atoms with Crippen molar-refractivity contribution in [3.05, 3.63) is 12.2 Å². The molecule has 0 nitrogen and oxygen atoms in total. The molecule has 0 spiro atoms. The second kappa shape index (κ2) is 7.23. The first-order valence-corrected chi connectivity index (χ1v) is 13.3. The second-order valence-electron chi connectivity index (χ2n) is 8.43. The van der Waals surface area contributed by atoms with E-state index in [4.69, 9.17) is 0 Å². The van der Waals surface area contributed by atoms with Crippen LogP contribution in [0.5, 0.6) is 0 Å². The summed E-state index contributed by atoms with van der Waals surface area (Å²) in [6.45, 7) is 4.63. The van der Waals surface area contributed by atoms with Crippen LogP contribution in [-0.2, 0) is 0 Å². The quantitative estimate of drug-likeness (QED) is 0.395. The Balaban J connectivity index is 1.36. The number of hydrogen-bond acceptors (Lipinski definition) is 0. The van der Waals surface area contributed by atoms with E-state index in [0.717, 1.165) is 22.6 Å². The van der Waals surface area contributed by atoms with Gasteiger partial charge in [-0.15, -0.1) is 0 Å². The largest absolute Gasteiger partial charge is 0.0991 e. The van der Waals surface area contributed by atoms with Gasteiger partial charge in [-0.1, -0.05) is 53.7 Å². The van der Waals surface area contributed by atoms with Crippen molar-refractivity contribution in [3.8, 4) is 0 Å². The maximum Gasteiger partial charge on any atom is -0.0109 e. The Morgan fingerprint density at radius 3 is 1.14 bits per heavy atom. The lowest BCUT2D eigenvalue weighted by molar-refractivity contribution is 0.474. The second-order valence-corrected chi connectivity index (χ2v) is 14.0. The van der Waals surface area contributed by atoms with Crippen LogP contribution in [0.4, 0.5) is 0 Å². The Kier molecular flexibility index (Phi) is 5.29. The molecule has 4 bridgehead atoms. The molecular weight excluding hydrogens is 302 g/mol. The number of rotatable bonds is 4. The number of fused-ring (bicyclic) bond motifs is 4. The van der Waals surface area contributed by atoms with E-state index in [-0.39, 0.29) is 0 Å². The Morgan fingerprint density at radius 1 is 0.591 bits per heavy atom. The Hall–Kier alpha value is 0.600. The average molecular weight is 336 g/mol. The first kappa shape index (κ1) is 16.1. The third-order valence-electron chi connectivity index (χ3n) is 6.99. The van der Waals surface area contributed by atoms with Crippen LogP contribution in [0.15, 0.2) is 12.2 Å². The fraction of sp³-hybridized carbons (Fsp3) is 0.900. The fourth-order valence-electron chi connectivity index (χ4n) is 5.94. The minimum atomic E-state index is 0.320. The van der Waals surface area contributed by atoms with Gasteiger partial charge in [0.05, 0.1) is 0 Å². The van der Waals surface area contributed by atoms with Crippen LogP contribution in [0.25, 0.3) is 0 Å². The predicted molar refractivity (Wildman–Crippen MR) is 103 cm³/mol. The molecule has 0 aromatic rings. The summed E-state index contributed by atoms with van der Waals surface area (Å²) in [7, 11) is 0.640. The van der Waals surface area contributed by atoms with Crippen LogP contribution >= 0.6 is 15.8 Å². The Labute approximate surface area is 140 Å². The van der Waals surface area contributed by atoms with E-state index in [1.807, 2.05) is 0 Å². The van der Waals surface area contributed by atoms with Gasteiger partial charge in [0.1, 0.15) is 0 Å². The lowest BCUT2D eigenvalue weighted by Gasteiger charge is -2.46. The molecule has 0 aromatic heterocycles. The molecule has 0 atom stereocenters. The van der Waals surface area contributed by atoms with Crippen molar-refractivity contribution in [2.24, 2.45) is 0 Å². The van der Waals surface area contributed by atoms with Crippen LogP contribution < -0.4 is 0 Å². The third-order valence-corrected chi connectivity index (χ3v) is 14.4. The molecule has 4 aliphatic heterocycles. The molecule has 0 saturated carbocycles. The van der Waals surface area contributed by atoms with E-state index in [2.05, 4.69) is 6.58 Å². The average Bonchev–Trinajstić information content (AvgIpc) is 2.46. The summed E-state index contributed by atoms with van der Waals surface area (Å²) in [6.07, 6.45) is 21.6. The summed E-state index contributed by atoms with van der Waals surface area (Å²) >= 11 is 0. The highest BCUT2D eigenvalue weighted by atomic mass is 31.1. The fourth-order valence-corrected chi connectivity index (χ4v) is 13.7. The summed E-state index contributed by atoms with van der Waals surface area (Å²) in [5.74, 6) is 0. The minimum absolute atomic E-state index is 0.320. The van der Waals surface area contributed by atoms with Gasteiger partial charge in [0.15, 0.2) is 0 Å². The third kappa shape index (κ3) is 3.35. The van der Waals surface area contributed by atoms with Gasteiger partial charge in [-0.25, -0.2) is 0 Å². The molecule has 4 fully saturated rings. The molecule has 4 saturated heterocycles. The van der Waals surface area contributed by atoms with Crippen LogP contribution in [0.1, 0.15) is 77.0 Å². The van der Waals surface area contributed by atoms with Crippen LogP contribution in [0.3, 0.4) is 0 Å². The van der Waals surface area contributed by atoms with E-state index >= 15 is 0 Å². The van der Waals surface area contributed by atoms with E-state index in [9.17, 15) is 0 Å². The van der Waals surface area contributed by atoms with Crippen LogP contribution in [0, 0.1) is 0 Å². The van der Waals surface area contributed by atoms with Gasteiger partial charge in [0.2, 0.25) is 0 Å². The zero-order valence-corrected chi connectivity index (χ0v) is 16.1. The highest BCUT2D eigenvalue weighted by Crippen LogP contribution is 2.63. The van der Waals surface area contributed by atoms with Crippen LogP contribution in [-0.4, -0.2) is 35.0 Å². The highest BCUT2D eigenvalue weighted by molar-refractivity contribution is 7.60. The molecule has 4 aliphatic rings. The van der Waals surface area contributed by atoms with Crippen molar-refractivity contribution in [1.82, 2.24) is 0 Å². The summed E-state index contributed by atoms with van der Waals surface area (Å²) in [5, 5.41) is 0. The van der Waals surface area contributed by atoms with Gasteiger partial charge >= 0.3 is 0 Å². The zero-order valence-electron chi connectivity index (χ0n) is 14.3. The maximum absolute atomic E-state index is 4.63. The summed E-state index contributed by atoms with van der Waals surface area (Å²) in [6, 6.07) is 0. The standard InChI is InChI=1S/C20H34P2/c1-16(14-21-17-6-2-7-18(21)9-3-8-17)15-22-19-10-4-11-20(22)13-5-12-19/h17-20H,1-15H2. The summed E-state index contributed by atoms with van der Waals surface area (Å²) in [4.78, 5) is 0. The van der Waals surface area contributed by atoms with Crippen LogP contribution in [0.2, 0.25) is 0 Å². The van der Waals surface area contributed by atoms with Gasteiger partial charge in [0.25, 0.3) is 0 Å². The number of allylic oxidation sites excluding steroid dienone is 1. The molecule has 0 aromatic carbocycles. The molecule has 4 heterocycles. The van der Waals surface area contributed by atoms with Gasteiger partial charge in [-0.05, 0) is 86.3 Å². The molecular formula is C20H34P2. The van der Waals surface area contributed by atoms with E-state index in [1.165, 1.54) is 38.0 Å². The Bertz CT molecular complexity index is 325. The van der Waals surface area contributed by atoms with Gasteiger partial charge in [-0.3, -0.25) is 0 Å². The molecule has 0 amide bonds. The molecule has 0 unspecified atom stereocenters. The summed E-state index contributed by atoms with van der Waals surface area (Å²) < 4.78 is 0. The number of hydrogen-bond donors (Lipinski definition) is 0. The molecule has 0 aliphatic carbocycles. The van der Waals surface area contributed by atoms with Gasteiger partial charge in [-0.2, -0.15) is 0 Å². The van der Waals surface area contributed by atoms with Crippen molar-refractivity contribution >= 4 is 15.8 Å². The molecule has 124 valence electrons. The molecule has 22 heavy (non-hydrogen) atoms.